The van der Waals surface area contributed by atoms with Gasteiger partial charge in [0, 0.05) is 6.54 Å². The molecular weight excluding hydrogens is 247 g/mol. The molecule has 0 heterocycles. The van der Waals surface area contributed by atoms with E-state index in [4.69, 9.17) is 5.14 Å². The van der Waals surface area contributed by atoms with Crippen LogP contribution < -0.4 is 10.5 Å². The van der Waals surface area contributed by atoms with Crippen LogP contribution in [0.3, 0.4) is 0 Å². The SMILES string of the molecule is CCNC(=O)c1cc(S(N)(=O)=O)cc(C)c1F. The Labute approximate surface area is 98.9 Å². The summed E-state index contributed by atoms with van der Waals surface area (Å²) in [4.78, 5) is 11.2. The Hall–Kier alpha value is -1.47. The number of rotatable bonds is 3. The number of hydrogen-bond acceptors (Lipinski definition) is 3. The summed E-state index contributed by atoms with van der Waals surface area (Å²) in [5.74, 6) is -1.41. The number of carbonyl (C=O) groups excluding carboxylic acids is 1. The minimum absolute atomic E-state index is 0.0535. The number of aryl methyl sites for hydroxylation is 1. The molecule has 1 aromatic rings. The van der Waals surface area contributed by atoms with Crippen LogP contribution in [0.5, 0.6) is 0 Å². The van der Waals surface area contributed by atoms with Crippen LogP contribution in [0.1, 0.15) is 22.8 Å². The minimum Gasteiger partial charge on any atom is -0.352 e. The van der Waals surface area contributed by atoms with Crippen LogP contribution in [0.2, 0.25) is 0 Å². The lowest BCUT2D eigenvalue weighted by Gasteiger charge is -2.08. The van der Waals surface area contributed by atoms with E-state index < -0.39 is 21.7 Å². The molecule has 1 rings (SSSR count). The molecular formula is C10H13FN2O3S. The summed E-state index contributed by atoms with van der Waals surface area (Å²) in [5, 5.41) is 7.33. The highest BCUT2D eigenvalue weighted by Gasteiger charge is 2.18. The lowest BCUT2D eigenvalue weighted by atomic mass is 10.1. The van der Waals surface area contributed by atoms with Gasteiger partial charge in [0.05, 0.1) is 10.5 Å². The van der Waals surface area contributed by atoms with Gasteiger partial charge < -0.3 is 5.32 Å². The van der Waals surface area contributed by atoms with Gasteiger partial charge in [0.2, 0.25) is 10.0 Å². The van der Waals surface area contributed by atoms with Crippen molar-refractivity contribution in [1.82, 2.24) is 5.32 Å². The number of nitrogens with two attached hydrogens (primary N) is 1. The predicted molar refractivity (Wildman–Crippen MR) is 60.5 cm³/mol. The van der Waals surface area contributed by atoms with Crippen LogP contribution in [-0.4, -0.2) is 20.9 Å². The first-order valence-electron chi connectivity index (χ1n) is 4.88. The molecule has 0 bridgehead atoms. The van der Waals surface area contributed by atoms with Gasteiger partial charge >= 0.3 is 0 Å². The highest BCUT2D eigenvalue weighted by Crippen LogP contribution is 2.18. The molecule has 0 saturated carbocycles. The largest absolute Gasteiger partial charge is 0.352 e. The molecule has 17 heavy (non-hydrogen) atoms. The van der Waals surface area contributed by atoms with Crippen molar-refractivity contribution in [3.05, 3.63) is 29.1 Å². The third kappa shape index (κ3) is 3.01. The summed E-state index contributed by atoms with van der Waals surface area (Å²) in [7, 11) is -3.96. The van der Waals surface area contributed by atoms with Gasteiger partial charge in [0.15, 0.2) is 0 Å². The maximum Gasteiger partial charge on any atom is 0.254 e. The fraction of sp³-hybridized carbons (Fsp3) is 0.300. The monoisotopic (exact) mass is 260 g/mol. The highest BCUT2D eigenvalue weighted by atomic mass is 32.2. The first kappa shape index (κ1) is 13.6. The smallest absolute Gasteiger partial charge is 0.254 e. The third-order valence-electron chi connectivity index (χ3n) is 2.14. The van der Waals surface area contributed by atoms with Gasteiger partial charge in [-0.3, -0.25) is 4.79 Å². The lowest BCUT2D eigenvalue weighted by Crippen LogP contribution is -2.25. The molecule has 7 heteroatoms. The second-order valence-corrected chi connectivity index (χ2v) is 5.07. The van der Waals surface area contributed by atoms with E-state index in [-0.39, 0.29) is 16.0 Å². The van der Waals surface area contributed by atoms with Crippen LogP contribution in [0.15, 0.2) is 17.0 Å². The molecule has 0 aromatic heterocycles. The number of hydrogen-bond donors (Lipinski definition) is 2. The summed E-state index contributed by atoms with van der Waals surface area (Å²) < 4.78 is 36.0. The summed E-state index contributed by atoms with van der Waals surface area (Å²) in [6.07, 6.45) is 0. The number of carbonyl (C=O) groups is 1. The van der Waals surface area contributed by atoms with E-state index in [1.165, 1.54) is 6.92 Å². The maximum absolute atomic E-state index is 13.6. The summed E-state index contributed by atoms with van der Waals surface area (Å²) in [6.45, 7) is 3.36. The molecule has 0 atom stereocenters. The van der Waals surface area contributed by atoms with Crippen molar-refractivity contribution < 1.29 is 17.6 Å². The van der Waals surface area contributed by atoms with Crippen LogP contribution in [0.4, 0.5) is 4.39 Å². The average Bonchev–Trinajstić information content (AvgIpc) is 2.20. The Balaban J connectivity index is 3.40. The van der Waals surface area contributed by atoms with Crippen molar-refractivity contribution in [2.75, 3.05) is 6.54 Å². The number of halogens is 1. The predicted octanol–water partition coefficient (Wildman–Crippen LogP) is 0.531. The number of sulfonamides is 1. The van der Waals surface area contributed by atoms with E-state index in [0.717, 1.165) is 12.1 Å². The summed E-state index contributed by atoms with van der Waals surface area (Å²) >= 11 is 0. The normalized spacial score (nSPS) is 11.3. The van der Waals surface area contributed by atoms with E-state index >= 15 is 0 Å². The standard InChI is InChI=1S/C10H13FN2O3S/c1-3-13-10(14)8-5-7(17(12,15)16)4-6(2)9(8)11/h4-5H,3H2,1-2H3,(H,13,14)(H2,12,15,16). The number of primary sulfonamides is 1. The van der Waals surface area contributed by atoms with E-state index in [9.17, 15) is 17.6 Å². The summed E-state index contributed by atoms with van der Waals surface area (Å²) in [6, 6.07) is 2.02. The van der Waals surface area contributed by atoms with E-state index in [0.29, 0.717) is 6.54 Å². The molecule has 94 valence electrons. The maximum atomic E-state index is 13.6. The van der Waals surface area contributed by atoms with Gasteiger partial charge in [-0.2, -0.15) is 0 Å². The van der Waals surface area contributed by atoms with Gasteiger partial charge in [-0.25, -0.2) is 17.9 Å². The van der Waals surface area contributed by atoms with E-state index in [2.05, 4.69) is 5.32 Å². The lowest BCUT2D eigenvalue weighted by molar-refractivity contribution is 0.0951. The Morgan fingerprint density at radius 2 is 2.06 bits per heavy atom. The van der Waals surface area contributed by atoms with Crippen LogP contribution in [-0.2, 0) is 10.0 Å². The van der Waals surface area contributed by atoms with Crippen molar-refractivity contribution in [3.63, 3.8) is 0 Å². The molecule has 0 saturated heterocycles. The third-order valence-corrected chi connectivity index (χ3v) is 3.03. The molecule has 0 aliphatic carbocycles. The zero-order valence-corrected chi connectivity index (χ0v) is 10.3. The number of nitrogens with one attached hydrogen (secondary N) is 1. The Kier molecular flexibility index (Phi) is 3.84. The molecule has 0 spiro atoms. The first-order chi connectivity index (χ1) is 7.77. The molecule has 0 fully saturated rings. The number of benzene rings is 1. The molecule has 5 nitrogen and oxygen atoms in total. The fourth-order valence-corrected chi connectivity index (χ4v) is 1.94. The molecule has 0 aliphatic heterocycles. The Morgan fingerprint density at radius 3 is 2.53 bits per heavy atom. The second-order valence-electron chi connectivity index (χ2n) is 3.51. The zero-order valence-electron chi connectivity index (χ0n) is 9.45. The van der Waals surface area contributed by atoms with Crippen molar-refractivity contribution >= 4 is 15.9 Å². The topological polar surface area (TPSA) is 89.3 Å². The van der Waals surface area contributed by atoms with Crippen LogP contribution in [0.25, 0.3) is 0 Å². The van der Waals surface area contributed by atoms with Crippen molar-refractivity contribution in [1.29, 1.82) is 0 Å². The molecule has 0 aliphatic rings. The van der Waals surface area contributed by atoms with E-state index in [1.54, 1.807) is 6.92 Å². The van der Waals surface area contributed by atoms with Gasteiger partial charge in [-0.15, -0.1) is 0 Å². The second kappa shape index (κ2) is 4.80. The first-order valence-corrected chi connectivity index (χ1v) is 6.43. The summed E-state index contributed by atoms with van der Waals surface area (Å²) in [5.41, 5.74) is -0.270. The minimum atomic E-state index is -3.96. The quantitative estimate of drug-likeness (QED) is 0.830. The molecule has 3 N–H and O–H groups in total. The highest BCUT2D eigenvalue weighted by molar-refractivity contribution is 7.89. The average molecular weight is 260 g/mol. The Bertz CT molecular complexity index is 555. The molecule has 0 unspecified atom stereocenters. The van der Waals surface area contributed by atoms with Crippen molar-refractivity contribution in [3.8, 4) is 0 Å². The van der Waals surface area contributed by atoms with Crippen molar-refractivity contribution in [2.45, 2.75) is 18.7 Å². The van der Waals surface area contributed by atoms with Crippen molar-refractivity contribution in [2.24, 2.45) is 5.14 Å². The van der Waals surface area contributed by atoms with Gasteiger partial charge in [0.1, 0.15) is 5.82 Å². The van der Waals surface area contributed by atoms with Gasteiger partial charge in [0.25, 0.3) is 5.91 Å². The van der Waals surface area contributed by atoms with Gasteiger partial charge in [-0.1, -0.05) is 0 Å². The van der Waals surface area contributed by atoms with E-state index in [1.807, 2.05) is 0 Å². The van der Waals surface area contributed by atoms with Crippen LogP contribution >= 0.6 is 0 Å². The molecule has 0 radical (unpaired) electrons. The number of amides is 1. The van der Waals surface area contributed by atoms with Crippen LogP contribution in [0, 0.1) is 12.7 Å². The molecule has 1 aromatic carbocycles. The Morgan fingerprint density at radius 1 is 1.47 bits per heavy atom. The molecule has 1 amide bonds. The zero-order chi connectivity index (χ0) is 13.2. The fourth-order valence-electron chi connectivity index (χ4n) is 1.32. The van der Waals surface area contributed by atoms with Gasteiger partial charge in [-0.05, 0) is 31.5 Å².